The molecule has 2 saturated heterocycles. The number of nitrogens with zero attached hydrogens (tertiary/aromatic N) is 2. The summed E-state index contributed by atoms with van der Waals surface area (Å²) in [5, 5.41) is 5.27. The molecule has 0 aliphatic carbocycles. The fourth-order valence-corrected chi connectivity index (χ4v) is 6.73. The second kappa shape index (κ2) is 9.21. The first-order valence-electron chi connectivity index (χ1n) is 13.1. The minimum absolute atomic E-state index is 0.0154. The second-order valence-electron chi connectivity index (χ2n) is 10.7. The van der Waals surface area contributed by atoms with Gasteiger partial charge in [0, 0.05) is 56.9 Å². The van der Waals surface area contributed by atoms with Crippen LogP contribution >= 0.6 is 0 Å². The molecule has 2 N–H and O–H groups in total. The zero-order valence-electron chi connectivity index (χ0n) is 20.7. The SMILES string of the molecule is CC(=O)N1CCC([NH+]2C[C@@H]3C[C@H](C2)c2c(NC(=O)c4ccc5ccccc5c4)ccc(=O)n2C3)CC1. The van der Waals surface area contributed by atoms with Crippen molar-refractivity contribution in [2.75, 3.05) is 31.5 Å². The minimum atomic E-state index is -0.152. The summed E-state index contributed by atoms with van der Waals surface area (Å²) in [5.74, 6) is 0.709. The maximum atomic E-state index is 13.3. The summed E-state index contributed by atoms with van der Waals surface area (Å²) in [7, 11) is 0. The smallest absolute Gasteiger partial charge is 0.255 e. The van der Waals surface area contributed by atoms with Crippen molar-refractivity contribution in [1.29, 1.82) is 0 Å². The molecule has 3 aromatic rings. The molecule has 3 atom stereocenters. The molecule has 2 bridgehead atoms. The molecule has 7 heteroatoms. The Balaban J connectivity index is 1.25. The van der Waals surface area contributed by atoms with Crippen molar-refractivity contribution in [2.45, 2.75) is 44.7 Å². The van der Waals surface area contributed by atoms with Gasteiger partial charge in [-0.25, -0.2) is 0 Å². The maximum absolute atomic E-state index is 13.3. The number of piperidine rings is 2. The summed E-state index contributed by atoms with van der Waals surface area (Å²) >= 11 is 0. The Kier molecular flexibility index (Phi) is 5.88. The van der Waals surface area contributed by atoms with Gasteiger partial charge in [-0.05, 0) is 35.4 Å². The highest BCUT2D eigenvalue weighted by molar-refractivity contribution is 6.06. The van der Waals surface area contributed by atoms with Gasteiger partial charge in [-0.2, -0.15) is 0 Å². The number of aromatic nitrogens is 1. The average molecular weight is 486 g/mol. The van der Waals surface area contributed by atoms with Crippen molar-refractivity contribution in [3.63, 3.8) is 0 Å². The Hall–Kier alpha value is -3.45. The van der Waals surface area contributed by atoms with Gasteiger partial charge in [0.1, 0.15) is 0 Å². The number of pyridine rings is 1. The lowest BCUT2D eigenvalue weighted by Gasteiger charge is -2.45. The van der Waals surface area contributed by atoms with Crippen LogP contribution in [0.5, 0.6) is 0 Å². The van der Waals surface area contributed by atoms with E-state index in [0.717, 1.165) is 67.6 Å². The molecule has 2 aromatic carbocycles. The van der Waals surface area contributed by atoms with Gasteiger partial charge < -0.3 is 19.7 Å². The summed E-state index contributed by atoms with van der Waals surface area (Å²) in [6.07, 6.45) is 3.11. The number of nitrogens with one attached hydrogen (secondary N) is 2. The van der Waals surface area contributed by atoms with Crippen LogP contribution in [0.4, 0.5) is 5.69 Å². The molecular weight excluding hydrogens is 452 g/mol. The third kappa shape index (κ3) is 4.22. The number of quaternary nitrogens is 1. The Bertz CT molecular complexity index is 1390. The first kappa shape index (κ1) is 23.0. The van der Waals surface area contributed by atoms with E-state index in [1.807, 2.05) is 51.9 Å². The first-order chi connectivity index (χ1) is 17.5. The van der Waals surface area contributed by atoms with Crippen LogP contribution in [0.15, 0.2) is 59.4 Å². The van der Waals surface area contributed by atoms with Crippen molar-refractivity contribution in [3.8, 4) is 0 Å². The van der Waals surface area contributed by atoms with E-state index in [-0.39, 0.29) is 23.3 Å². The molecule has 0 radical (unpaired) electrons. The van der Waals surface area contributed by atoms with E-state index in [2.05, 4.69) is 5.32 Å². The van der Waals surface area contributed by atoms with Crippen LogP contribution in [0.25, 0.3) is 10.8 Å². The monoisotopic (exact) mass is 485 g/mol. The van der Waals surface area contributed by atoms with Crippen LogP contribution in [0.2, 0.25) is 0 Å². The minimum Gasteiger partial charge on any atom is -0.342 e. The lowest BCUT2D eigenvalue weighted by atomic mass is 9.81. The van der Waals surface area contributed by atoms with E-state index in [1.165, 1.54) is 0 Å². The van der Waals surface area contributed by atoms with Gasteiger partial charge >= 0.3 is 0 Å². The van der Waals surface area contributed by atoms with E-state index in [1.54, 1.807) is 24.0 Å². The highest BCUT2D eigenvalue weighted by Gasteiger charge is 2.42. The molecule has 2 fully saturated rings. The largest absolute Gasteiger partial charge is 0.342 e. The van der Waals surface area contributed by atoms with E-state index in [9.17, 15) is 14.4 Å². The standard InChI is InChI=1S/C29H32N4O3/c1-19(34)31-12-10-25(11-13-31)32-16-20-14-24(18-32)28-26(8-9-27(35)33(28)17-20)30-29(36)23-7-6-21-4-2-3-5-22(21)15-23/h2-9,15,20,24-25H,10-14,16-18H2,1H3,(H,30,36)/p+1/t20-,24+/m0/s1. The molecule has 7 nitrogen and oxygen atoms in total. The number of anilines is 1. The van der Waals surface area contributed by atoms with Gasteiger partial charge in [-0.3, -0.25) is 14.4 Å². The normalized spacial score (nSPS) is 23.8. The zero-order chi connectivity index (χ0) is 24.8. The van der Waals surface area contributed by atoms with Crippen LogP contribution in [0, 0.1) is 5.92 Å². The fraction of sp³-hybridized carbons (Fsp3) is 0.414. The molecule has 3 aliphatic heterocycles. The summed E-state index contributed by atoms with van der Waals surface area (Å²) in [6.45, 7) is 6.06. The number of hydrogen-bond donors (Lipinski definition) is 2. The van der Waals surface area contributed by atoms with Gasteiger partial charge in [-0.1, -0.05) is 30.3 Å². The van der Waals surface area contributed by atoms with E-state index in [4.69, 9.17) is 0 Å². The first-order valence-corrected chi connectivity index (χ1v) is 13.1. The molecule has 0 saturated carbocycles. The molecular formula is C29H33N4O3+. The van der Waals surface area contributed by atoms with E-state index >= 15 is 0 Å². The van der Waals surface area contributed by atoms with Crippen molar-refractivity contribution >= 4 is 28.3 Å². The molecule has 3 aliphatic rings. The van der Waals surface area contributed by atoms with Crippen LogP contribution in [-0.2, 0) is 11.3 Å². The summed E-state index contributed by atoms with van der Waals surface area (Å²) < 4.78 is 1.91. The quantitative estimate of drug-likeness (QED) is 0.598. The number of benzene rings is 2. The molecule has 36 heavy (non-hydrogen) atoms. The van der Waals surface area contributed by atoms with Crippen LogP contribution < -0.4 is 15.8 Å². The van der Waals surface area contributed by atoms with Crippen molar-refractivity contribution in [2.24, 2.45) is 5.92 Å². The number of hydrogen-bond acceptors (Lipinski definition) is 3. The summed E-state index contributed by atoms with van der Waals surface area (Å²) in [6, 6.07) is 17.7. The highest BCUT2D eigenvalue weighted by atomic mass is 16.2. The zero-order valence-corrected chi connectivity index (χ0v) is 20.7. The van der Waals surface area contributed by atoms with Crippen LogP contribution in [0.3, 0.4) is 0 Å². The predicted molar refractivity (Wildman–Crippen MR) is 139 cm³/mol. The Morgan fingerprint density at radius 3 is 2.53 bits per heavy atom. The molecule has 4 heterocycles. The van der Waals surface area contributed by atoms with Gasteiger partial charge in [-0.15, -0.1) is 0 Å². The number of carbonyl (C=O) groups excluding carboxylic acids is 2. The highest BCUT2D eigenvalue weighted by Crippen LogP contribution is 2.35. The number of amides is 2. The number of carbonyl (C=O) groups is 2. The van der Waals surface area contributed by atoms with E-state index in [0.29, 0.717) is 24.1 Å². The Morgan fingerprint density at radius 1 is 0.972 bits per heavy atom. The molecule has 1 unspecified atom stereocenters. The Morgan fingerprint density at radius 2 is 1.75 bits per heavy atom. The average Bonchev–Trinajstić information content (AvgIpc) is 2.90. The Labute approximate surface area is 210 Å². The third-order valence-electron chi connectivity index (χ3n) is 8.51. The number of fused-ring (bicyclic) bond motifs is 5. The molecule has 186 valence electrons. The van der Waals surface area contributed by atoms with Gasteiger partial charge in [0.05, 0.1) is 36.4 Å². The second-order valence-corrected chi connectivity index (χ2v) is 10.7. The molecule has 1 aromatic heterocycles. The van der Waals surface area contributed by atoms with Crippen molar-refractivity contribution in [1.82, 2.24) is 9.47 Å². The van der Waals surface area contributed by atoms with Gasteiger partial charge in [0.15, 0.2) is 0 Å². The number of likely N-dealkylation sites (tertiary alicyclic amines) is 2. The lowest BCUT2D eigenvalue weighted by Crippen LogP contribution is -3.18. The lowest BCUT2D eigenvalue weighted by molar-refractivity contribution is -0.937. The molecule has 0 spiro atoms. The van der Waals surface area contributed by atoms with Gasteiger partial charge in [0.2, 0.25) is 5.91 Å². The third-order valence-corrected chi connectivity index (χ3v) is 8.51. The van der Waals surface area contributed by atoms with Crippen molar-refractivity contribution < 1.29 is 14.5 Å². The van der Waals surface area contributed by atoms with Gasteiger partial charge in [0.25, 0.3) is 11.5 Å². The van der Waals surface area contributed by atoms with Crippen LogP contribution in [-0.4, -0.2) is 53.5 Å². The molecule has 6 rings (SSSR count). The molecule has 2 amide bonds. The van der Waals surface area contributed by atoms with E-state index < -0.39 is 0 Å². The fourth-order valence-electron chi connectivity index (χ4n) is 6.73. The summed E-state index contributed by atoms with van der Waals surface area (Å²) in [4.78, 5) is 41.4. The van der Waals surface area contributed by atoms with Crippen molar-refractivity contribution in [3.05, 3.63) is 76.2 Å². The number of rotatable bonds is 3. The maximum Gasteiger partial charge on any atom is 0.255 e. The predicted octanol–water partition coefficient (Wildman–Crippen LogP) is 2.27. The van der Waals surface area contributed by atoms with Crippen LogP contribution in [0.1, 0.15) is 48.2 Å². The summed E-state index contributed by atoms with van der Waals surface area (Å²) in [5.41, 5.74) is 2.36. The topological polar surface area (TPSA) is 75.8 Å².